The van der Waals surface area contributed by atoms with Gasteiger partial charge in [-0.2, -0.15) is 0 Å². The Morgan fingerprint density at radius 2 is 2.35 bits per heavy atom. The van der Waals surface area contributed by atoms with E-state index in [0.717, 1.165) is 17.9 Å². The van der Waals surface area contributed by atoms with Crippen LogP contribution in [-0.4, -0.2) is 48.4 Å². The quantitative estimate of drug-likeness (QED) is 0.431. The molecule has 0 saturated carbocycles. The molecule has 1 aromatic rings. The molecule has 0 saturated heterocycles. The molecular formula is C11H20N4O2. The first-order chi connectivity index (χ1) is 8.30. The van der Waals surface area contributed by atoms with Crippen LogP contribution < -0.4 is 11.3 Å². The zero-order valence-electron chi connectivity index (χ0n) is 10.1. The number of methoxy groups -OCH3 is 1. The number of hydrazine groups is 1. The van der Waals surface area contributed by atoms with E-state index in [1.807, 2.05) is 6.07 Å². The van der Waals surface area contributed by atoms with E-state index < -0.39 is 0 Å². The van der Waals surface area contributed by atoms with Crippen LogP contribution in [-0.2, 0) is 11.3 Å². The number of aliphatic hydroxyl groups excluding tert-OH is 1. The second kappa shape index (κ2) is 7.97. The fraction of sp³-hybridized carbons (Fsp3) is 0.545. The van der Waals surface area contributed by atoms with Crippen molar-refractivity contribution in [1.29, 1.82) is 0 Å². The summed E-state index contributed by atoms with van der Waals surface area (Å²) >= 11 is 0. The second-order valence-electron chi connectivity index (χ2n) is 3.67. The molecule has 0 spiro atoms. The zero-order chi connectivity index (χ0) is 12.5. The molecule has 0 fully saturated rings. The lowest BCUT2D eigenvalue weighted by Crippen LogP contribution is -2.30. The van der Waals surface area contributed by atoms with Gasteiger partial charge in [-0.05, 0) is 12.1 Å². The molecule has 0 aliphatic carbocycles. The summed E-state index contributed by atoms with van der Waals surface area (Å²) in [6.45, 7) is 2.79. The molecule has 6 nitrogen and oxygen atoms in total. The molecule has 4 N–H and O–H groups in total. The van der Waals surface area contributed by atoms with Gasteiger partial charge in [0.05, 0.1) is 24.6 Å². The summed E-state index contributed by atoms with van der Waals surface area (Å²) in [6, 6.07) is 3.69. The van der Waals surface area contributed by atoms with Crippen molar-refractivity contribution < 1.29 is 9.84 Å². The Kier molecular flexibility index (Phi) is 6.49. The van der Waals surface area contributed by atoms with E-state index in [0.29, 0.717) is 19.7 Å². The highest BCUT2D eigenvalue weighted by Gasteiger charge is 2.06. The van der Waals surface area contributed by atoms with Crippen molar-refractivity contribution in [3.63, 3.8) is 0 Å². The van der Waals surface area contributed by atoms with E-state index in [1.54, 1.807) is 19.4 Å². The minimum atomic E-state index is 0.124. The fourth-order valence-electron chi connectivity index (χ4n) is 1.52. The number of nitrogens with two attached hydrogens (primary N) is 1. The molecule has 0 bridgehead atoms. The third-order valence-corrected chi connectivity index (χ3v) is 2.40. The van der Waals surface area contributed by atoms with E-state index >= 15 is 0 Å². The number of hydrogen-bond donors (Lipinski definition) is 3. The molecule has 6 heteroatoms. The van der Waals surface area contributed by atoms with Crippen molar-refractivity contribution >= 4 is 5.69 Å². The second-order valence-corrected chi connectivity index (χ2v) is 3.67. The summed E-state index contributed by atoms with van der Waals surface area (Å²) in [5, 5.41) is 8.98. The number of nitrogens with zero attached hydrogens (tertiary/aromatic N) is 2. The molecule has 96 valence electrons. The number of hydrogen-bond acceptors (Lipinski definition) is 6. The Balaban J connectivity index is 2.57. The minimum Gasteiger partial charge on any atom is -0.395 e. The molecule has 0 amide bonds. The largest absolute Gasteiger partial charge is 0.395 e. The van der Waals surface area contributed by atoms with E-state index in [1.165, 1.54) is 0 Å². The molecule has 17 heavy (non-hydrogen) atoms. The Labute approximate surface area is 101 Å². The van der Waals surface area contributed by atoms with Crippen LogP contribution in [0.4, 0.5) is 5.69 Å². The Morgan fingerprint density at radius 1 is 1.53 bits per heavy atom. The smallest absolute Gasteiger partial charge is 0.0589 e. The summed E-state index contributed by atoms with van der Waals surface area (Å²) in [7, 11) is 1.66. The number of aromatic nitrogens is 1. The lowest BCUT2D eigenvalue weighted by Gasteiger charge is -2.20. The molecule has 0 aliphatic heterocycles. The van der Waals surface area contributed by atoms with Crippen molar-refractivity contribution in [3.8, 4) is 0 Å². The van der Waals surface area contributed by atoms with E-state index in [4.69, 9.17) is 15.7 Å². The van der Waals surface area contributed by atoms with E-state index in [-0.39, 0.29) is 6.61 Å². The van der Waals surface area contributed by atoms with Crippen LogP contribution in [0.25, 0.3) is 0 Å². The summed E-state index contributed by atoms with van der Waals surface area (Å²) in [5.74, 6) is 5.34. The van der Waals surface area contributed by atoms with Crippen LogP contribution in [0.1, 0.15) is 5.69 Å². The van der Waals surface area contributed by atoms with Crippen LogP contribution in [0.3, 0.4) is 0 Å². The van der Waals surface area contributed by atoms with Crippen LogP contribution in [0.2, 0.25) is 0 Å². The monoisotopic (exact) mass is 240 g/mol. The minimum absolute atomic E-state index is 0.124. The lowest BCUT2D eigenvalue weighted by molar-refractivity contribution is 0.126. The third-order valence-electron chi connectivity index (χ3n) is 2.40. The topological polar surface area (TPSA) is 83.6 Å². The third kappa shape index (κ3) is 5.10. The van der Waals surface area contributed by atoms with E-state index in [9.17, 15) is 0 Å². The summed E-state index contributed by atoms with van der Waals surface area (Å²) in [5.41, 5.74) is 4.32. The van der Waals surface area contributed by atoms with Gasteiger partial charge in [-0.25, -0.2) is 0 Å². The summed E-state index contributed by atoms with van der Waals surface area (Å²) in [4.78, 5) is 6.33. The van der Waals surface area contributed by atoms with Crippen LogP contribution >= 0.6 is 0 Å². The molecule has 1 aromatic heterocycles. The number of pyridine rings is 1. The predicted octanol–water partition coefficient (Wildman–Crippen LogP) is -0.192. The van der Waals surface area contributed by atoms with Gasteiger partial charge >= 0.3 is 0 Å². The Bertz CT molecular complexity index is 322. The first-order valence-electron chi connectivity index (χ1n) is 5.54. The number of nitrogens with one attached hydrogen (secondary N) is 1. The standard InChI is InChI=1S/C11H20N4O2/c1-17-7-5-15(4-6-16)9-11-8-10(14-12)2-3-13-11/h2-3,8,16H,4-7,9,12H2,1H3,(H,13,14). The van der Waals surface area contributed by atoms with Crippen LogP contribution in [0.15, 0.2) is 18.3 Å². The van der Waals surface area contributed by atoms with Gasteiger partial charge < -0.3 is 15.3 Å². The molecule has 0 unspecified atom stereocenters. The Morgan fingerprint density at radius 3 is 3.00 bits per heavy atom. The maximum atomic E-state index is 8.98. The van der Waals surface area contributed by atoms with E-state index in [2.05, 4.69) is 15.3 Å². The van der Waals surface area contributed by atoms with Gasteiger partial charge in [-0.3, -0.25) is 15.7 Å². The van der Waals surface area contributed by atoms with Gasteiger partial charge in [0, 0.05) is 32.9 Å². The van der Waals surface area contributed by atoms with Crippen LogP contribution in [0.5, 0.6) is 0 Å². The normalized spacial score (nSPS) is 10.8. The van der Waals surface area contributed by atoms with Crippen molar-refractivity contribution in [3.05, 3.63) is 24.0 Å². The highest BCUT2D eigenvalue weighted by Crippen LogP contribution is 2.08. The van der Waals surface area contributed by atoms with Gasteiger partial charge in [0.15, 0.2) is 0 Å². The number of rotatable bonds is 8. The first-order valence-corrected chi connectivity index (χ1v) is 5.54. The highest BCUT2D eigenvalue weighted by atomic mass is 16.5. The van der Waals surface area contributed by atoms with Gasteiger partial charge in [-0.1, -0.05) is 0 Å². The van der Waals surface area contributed by atoms with Gasteiger partial charge in [0.25, 0.3) is 0 Å². The molecule has 0 radical (unpaired) electrons. The number of aliphatic hydroxyl groups is 1. The maximum Gasteiger partial charge on any atom is 0.0589 e. The average Bonchev–Trinajstić information content (AvgIpc) is 2.36. The molecule has 0 atom stereocenters. The summed E-state index contributed by atoms with van der Waals surface area (Å²) in [6.07, 6.45) is 1.71. The molecular weight excluding hydrogens is 220 g/mol. The van der Waals surface area contributed by atoms with Crippen molar-refractivity contribution in [1.82, 2.24) is 9.88 Å². The molecule has 0 aromatic carbocycles. The van der Waals surface area contributed by atoms with Gasteiger partial charge in [0.1, 0.15) is 0 Å². The fourth-order valence-corrected chi connectivity index (χ4v) is 1.52. The predicted molar refractivity (Wildman–Crippen MR) is 66.3 cm³/mol. The molecule has 1 heterocycles. The van der Waals surface area contributed by atoms with Crippen molar-refractivity contribution in [2.24, 2.45) is 5.84 Å². The van der Waals surface area contributed by atoms with Crippen molar-refractivity contribution in [2.45, 2.75) is 6.54 Å². The maximum absolute atomic E-state index is 8.98. The van der Waals surface area contributed by atoms with Gasteiger partial charge in [0.2, 0.25) is 0 Å². The highest BCUT2D eigenvalue weighted by molar-refractivity contribution is 5.41. The SMILES string of the molecule is COCCN(CCO)Cc1cc(NN)ccn1. The number of nitrogen functional groups attached to an aromatic ring is 1. The lowest BCUT2D eigenvalue weighted by atomic mass is 10.3. The zero-order valence-corrected chi connectivity index (χ0v) is 10.1. The first kappa shape index (κ1) is 13.9. The number of ether oxygens (including phenoxy) is 1. The summed E-state index contributed by atoms with van der Waals surface area (Å²) < 4.78 is 5.03. The number of anilines is 1. The van der Waals surface area contributed by atoms with Crippen LogP contribution in [0, 0.1) is 0 Å². The molecule has 1 rings (SSSR count). The Hall–Kier alpha value is -1.21. The van der Waals surface area contributed by atoms with Gasteiger partial charge in [-0.15, -0.1) is 0 Å². The average molecular weight is 240 g/mol. The molecule has 0 aliphatic rings. The van der Waals surface area contributed by atoms with Crippen molar-refractivity contribution in [2.75, 3.05) is 38.8 Å².